The number of aryl methyl sites for hydroxylation is 1. The topological polar surface area (TPSA) is 93.9 Å². The molecule has 3 N–H and O–H groups in total. The molecule has 3 aromatic rings. The molecule has 0 fully saturated rings. The van der Waals surface area contributed by atoms with Crippen molar-refractivity contribution in [1.29, 1.82) is 0 Å². The first-order valence-electron chi connectivity index (χ1n) is 6.67. The molecule has 2 aromatic heterocycles. The maximum atomic E-state index is 11.6. The Morgan fingerprint density at radius 2 is 2.14 bits per heavy atom. The molecule has 0 radical (unpaired) electrons. The van der Waals surface area contributed by atoms with E-state index in [-0.39, 0.29) is 0 Å². The van der Waals surface area contributed by atoms with Crippen molar-refractivity contribution >= 4 is 5.91 Å². The number of carbonyl (C=O) groups is 1. The van der Waals surface area contributed by atoms with Gasteiger partial charge in [0.2, 0.25) is 0 Å². The highest BCUT2D eigenvalue weighted by Crippen LogP contribution is 2.31. The maximum Gasteiger partial charge on any atom is 0.252 e. The van der Waals surface area contributed by atoms with Crippen LogP contribution in [-0.2, 0) is 0 Å². The lowest BCUT2D eigenvalue weighted by Gasteiger charge is -2.11. The summed E-state index contributed by atoms with van der Waals surface area (Å²) in [5, 5.41) is 6.88. The van der Waals surface area contributed by atoms with Gasteiger partial charge in [0.1, 0.15) is 11.5 Å². The van der Waals surface area contributed by atoms with E-state index < -0.39 is 5.91 Å². The van der Waals surface area contributed by atoms with Gasteiger partial charge < -0.3 is 10.5 Å². The number of amides is 1. The lowest BCUT2D eigenvalue weighted by molar-refractivity contribution is 0.0998. The number of nitrogens with one attached hydrogen (secondary N) is 1. The van der Waals surface area contributed by atoms with Crippen LogP contribution in [0.4, 0.5) is 0 Å². The summed E-state index contributed by atoms with van der Waals surface area (Å²) in [7, 11) is 0. The second-order valence-electron chi connectivity index (χ2n) is 4.77. The minimum absolute atomic E-state index is 0.314. The number of aromatic nitrogens is 3. The minimum atomic E-state index is -0.547. The molecule has 0 aliphatic carbocycles. The Kier molecular flexibility index (Phi) is 3.57. The monoisotopic (exact) mass is 294 g/mol. The van der Waals surface area contributed by atoms with Crippen molar-refractivity contribution in [3.63, 3.8) is 0 Å². The number of nitrogens with two attached hydrogens (primary N) is 1. The molecular formula is C16H14N4O2. The van der Waals surface area contributed by atoms with Crippen LogP contribution in [0.3, 0.4) is 0 Å². The first-order chi connectivity index (χ1) is 10.6. The van der Waals surface area contributed by atoms with Gasteiger partial charge in [-0.2, -0.15) is 5.10 Å². The molecule has 6 heteroatoms. The normalized spacial score (nSPS) is 10.4. The Morgan fingerprint density at radius 1 is 1.27 bits per heavy atom. The van der Waals surface area contributed by atoms with Crippen LogP contribution < -0.4 is 10.5 Å². The van der Waals surface area contributed by atoms with Crippen LogP contribution in [-0.4, -0.2) is 21.1 Å². The van der Waals surface area contributed by atoms with Gasteiger partial charge in [-0.25, -0.2) is 0 Å². The number of hydrogen-bond donors (Lipinski definition) is 2. The summed E-state index contributed by atoms with van der Waals surface area (Å²) >= 11 is 0. The molecule has 0 aliphatic rings. The molecular weight excluding hydrogens is 280 g/mol. The molecule has 0 bridgehead atoms. The minimum Gasteiger partial charge on any atom is -0.455 e. The number of aromatic amines is 1. The number of nitrogens with zero attached hydrogens (tertiary/aromatic N) is 2. The van der Waals surface area contributed by atoms with Gasteiger partial charge in [-0.3, -0.25) is 14.9 Å². The van der Waals surface area contributed by atoms with Gasteiger partial charge in [-0.05, 0) is 36.8 Å². The van der Waals surface area contributed by atoms with Crippen LogP contribution in [0.2, 0.25) is 0 Å². The van der Waals surface area contributed by atoms with Crippen molar-refractivity contribution in [2.45, 2.75) is 6.92 Å². The number of H-pyrrole nitrogens is 1. The van der Waals surface area contributed by atoms with Gasteiger partial charge in [-0.1, -0.05) is 6.07 Å². The summed E-state index contributed by atoms with van der Waals surface area (Å²) < 4.78 is 5.76. The van der Waals surface area contributed by atoms with Gasteiger partial charge in [-0.15, -0.1) is 0 Å². The van der Waals surface area contributed by atoms with E-state index in [0.717, 1.165) is 16.8 Å². The summed E-state index contributed by atoms with van der Waals surface area (Å²) in [5.41, 5.74) is 8.48. The van der Waals surface area contributed by atoms with Gasteiger partial charge in [0.15, 0.2) is 0 Å². The van der Waals surface area contributed by atoms with E-state index >= 15 is 0 Å². The number of pyridine rings is 1. The van der Waals surface area contributed by atoms with Crippen molar-refractivity contribution in [2.75, 3.05) is 0 Å². The van der Waals surface area contributed by atoms with Crippen LogP contribution in [0.5, 0.6) is 11.5 Å². The van der Waals surface area contributed by atoms with Gasteiger partial charge in [0.25, 0.3) is 5.91 Å². The van der Waals surface area contributed by atoms with Gasteiger partial charge in [0.05, 0.1) is 18.0 Å². The molecule has 2 heterocycles. The van der Waals surface area contributed by atoms with E-state index in [4.69, 9.17) is 10.5 Å². The lowest BCUT2D eigenvalue weighted by Crippen LogP contribution is -2.12. The van der Waals surface area contributed by atoms with E-state index in [1.54, 1.807) is 42.9 Å². The Balaban J connectivity index is 2.05. The zero-order valence-electron chi connectivity index (χ0n) is 11.9. The predicted octanol–water partition coefficient (Wildman–Crippen LogP) is 2.67. The second-order valence-corrected chi connectivity index (χ2v) is 4.77. The molecule has 0 aliphatic heterocycles. The number of rotatable bonds is 4. The molecule has 0 unspecified atom stereocenters. The van der Waals surface area contributed by atoms with Crippen LogP contribution in [0, 0.1) is 6.92 Å². The third-order valence-corrected chi connectivity index (χ3v) is 3.25. The molecule has 0 saturated carbocycles. The van der Waals surface area contributed by atoms with Gasteiger partial charge >= 0.3 is 0 Å². The largest absolute Gasteiger partial charge is 0.455 e. The molecule has 0 atom stereocenters. The maximum absolute atomic E-state index is 11.6. The summed E-state index contributed by atoms with van der Waals surface area (Å²) in [4.78, 5) is 15.6. The molecule has 22 heavy (non-hydrogen) atoms. The highest BCUT2D eigenvalue weighted by atomic mass is 16.5. The summed E-state index contributed by atoms with van der Waals surface area (Å²) in [6.07, 6.45) is 4.94. The van der Waals surface area contributed by atoms with Crippen LogP contribution >= 0.6 is 0 Å². The number of hydrogen-bond acceptors (Lipinski definition) is 4. The second kappa shape index (κ2) is 5.69. The summed E-state index contributed by atoms with van der Waals surface area (Å²) in [6, 6.07) is 8.74. The third-order valence-electron chi connectivity index (χ3n) is 3.25. The molecule has 3 rings (SSSR count). The van der Waals surface area contributed by atoms with Crippen LogP contribution in [0.25, 0.3) is 11.1 Å². The molecule has 6 nitrogen and oxygen atoms in total. The first kappa shape index (κ1) is 13.8. The molecule has 0 spiro atoms. The smallest absolute Gasteiger partial charge is 0.252 e. The average molecular weight is 294 g/mol. The SMILES string of the molecule is Cc1[nH]ncc1-c1ccc(C(N)=O)c(Oc2cccnc2)c1. The fourth-order valence-electron chi connectivity index (χ4n) is 2.15. The number of primary amides is 1. The van der Waals surface area contributed by atoms with Crippen molar-refractivity contribution < 1.29 is 9.53 Å². The average Bonchev–Trinajstić information content (AvgIpc) is 2.94. The van der Waals surface area contributed by atoms with Crippen LogP contribution in [0.1, 0.15) is 16.1 Å². The molecule has 1 amide bonds. The van der Waals surface area contributed by atoms with E-state index in [1.165, 1.54) is 0 Å². The van der Waals surface area contributed by atoms with E-state index in [1.807, 2.05) is 13.0 Å². The van der Waals surface area contributed by atoms with Crippen LogP contribution in [0.15, 0.2) is 48.9 Å². The lowest BCUT2D eigenvalue weighted by atomic mass is 10.0. The van der Waals surface area contributed by atoms with Gasteiger partial charge in [0, 0.05) is 17.5 Å². The fraction of sp³-hybridized carbons (Fsp3) is 0.0625. The standard InChI is InChI=1S/C16H14N4O2/c1-10-14(9-19-20-10)11-4-5-13(16(17)21)15(7-11)22-12-3-2-6-18-8-12/h2-9H,1H3,(H2,17,21)(H,19,20). The number of ether oxygens (including phenoxy) is 1. The number of carbonyl (C=O) groups excluding carboxylic acids is 1. The first-order valence-corrected chi connectivity index (χ1v) is 6.67. The Morgan fingerprint density at radius 3 is 2.77 bits per heavy atom. The molecule has 0 saturated heterocycles. The highest BCUT2D eigenvalue weighted by molar-refractivity contribution is 5.96. The summed E-state index contributed by atoms with van der Waals surface area (Å²) in [6.45, 7) is 1.92. The molecule has 110 valence electrons. The summed E-state index contributed by atoms with van der Waals surface area (Å²) in [5.74, 6) is 0.374. The molecule has 1 aromatic carbocycles. The number of benzene rings is 1. The Labute approximate surface area is 127 Å². The Bertz CT molecular complexity index is 812. The Hall–Kier alpha value is -3.15. The van der Waals surface area contributed by atoms with Crippen molar-refractivity contribution in [2.24, 2.45) is 5.73 Å². The zero-order chi connectivity index (χ0) is 15.5. The van der Waals surface area contributed by atoms with Crippen molar-refractivity contribution in [1.82, 2.24) is 15.2 Å². The zero-order valence-corrected chi connectivity index (χ0v) is 11.9. The van der Waals surface area contributed by atoms with Crippen molar-refractivity contribution in [3.8, 4) is 22.6 Å². The third kappa shape index (κ3) is 2.67. The predicted molar refractivity (Wildman–Crippen MR) is 81.6 cm³/mol. The van der Waals surface area contributed by atoms with E-state index in [9.17, 15) is 4.79 Å². The quantitative estimate of drug-likeness (QED) is 0.773. The van der Waals surface area contributed by atoms with E-state index in [0.29, 0.717) is 17.1 Å². The van der Waals surface area contributed by atoms with E-state index in [2.05, 4.69) is 15.2 Å². The fourth-order valence-corrected chi connectivity index (χ4v) is 2.15. The van der Waals surface area contributed by atoms with Crippen molar-refractivity contribution in [3.05, 3.63) is 60.2 Å². The highest BCUT2D eigenvalue weighted by Gasteiger charge is 2.13.